The summed E-state index contributed by atoms with van der Waals surface area (Å²) in [6, 6.07) is 22.8. The van der Waals surface area contributed by atoms with Crippen LogP contribution >= 0.6 is 0 Å². The molecule has 4 heteroatoms. The third-order valence-corrected chi connectivity index (χ3v) is 5.01. The predicted molar refractivity (Wildman–Crippen MR) is 104 cm³/mol. The van der Waals surface area contributed by atoms with Crippen molar-refractivity contribution in [1.29, 1.82) is 0 Å². The van der Waals surface area contributed by atoms with Crippen LogP contribution in [0.2, 0.25) is 0 Å². The van der Waals surface area contributed by atoms with Gasteiger partial charge in [0.2, 0.25) is 5.91 Å². The molecule has 1 saturated heterocycles. The van der Waals surface area contributed by atoms with E-state index in [2.05, 4.69) is 83.8 Å². The third-order valence-electron chi connectivity index (χ3n) is 5.01. The van der Waals surface area contributed by atoms with Crippen molar-refractivity contribution in [2.45, 2.75) is 32.0 Å². The van der Waals surface area contributed by atoms with Gasteiger partial charge in [0.25, 0.3) is 0 Å². The van der Waals surface area contributed by atoms with Gasteiger partial charge in [-0.3, -0.25) is 4.79 Å². The number of amides is 1. The van der Waals surface area contributed by atoms with Gasteiger partial charge in [-0.15, -0.1) is 0 Å². The van der Waals surface area contributed by atoms with Gasteiger partial charge < -0.3 is 5.32 Å². The number of hydrogen-bond donors (Lipinski definition) is 3. The van der Waals surface area contributed by atoms with E-state index in [1.165, 1.54) is 21.9 Å². The minimum Gasteiger partial charge on any atom is -0.351 e. The zero-order valence-corrected chi connectivity index (χ0v) is 14.8. The van der Waals surface area contributed by atoms with Crippen molar-refractivity contribution in [3.63, 3.8) is 0 Å². The van der Waals surface area contributed by atoms with E-state index in [0.29, 0.717) is 6.54 Å². The monoisotopic (exact) mass is 345 g/mol. The van der Waals surface area contributed by atoms with Gasteiger partial charge in [-0.05, 0) is 35.2 Å². The molecule has 1 heterocycles. The smallest absolute Gasteiger partial charge is 0.238 e. The molecular formula is C22H23N3O. The van der Waals surface area contributed by atoms with Gasteiger partial charge in [-0.25, -0.2) is 10.9 Å². The number of hydrogen-bond acceptors (Lipinski definition) is 3. The summed E-state index contributed by atoms with van der Waals surface area (Å²) in [4.78, 5) is 12.5. The van der Waals surface area contributed by atoms with Crippen molar-refractivity contribution < 1.29 is 4.79 Å². The molecule has 0 aromatic heterocycles. The van der Waals surface area contributed by atoms with Crippen LogP contribution in [0.15, 0.2) is 66.7 Å². The normalized spacial score (nSPS) is 19.6. The number of nitrogens with one attached hydrogen (secondary N) is 3. The number of aryl methyl sites for hydroxylation is 1. The summed E-state index contributed by atoms with van der Waals surface area (Å²) >= 11 is 0. The van der Waals surface area contributed by atoms with Crippen molar-refractivity contribution >= 4 is 16.7 Å². The van der Waals surface area contributed by atoms with Crippen LogP contribution in [0, 0.1) is 6.92 Å². The number of carbonyl (C=O) groups excluding carboxylic acids is 1. The van der Waals surface area contributed by atoms with Crippen molar-refractivity contribution in [2.75, 3.05) is 0 Å². The van der Waals surface area contributed by atoms with Gasteiger partial charge in [0, 0.05) is 12.6 Å². The van der Waals surface area contributed by atoms with Gasteiger partial charge in [-0.2, -0.15) is 0 Å². The first kappa shape index (κ1) is 16.8. The summed E-state index contributed by atoms with van der Waals surface area (Å²) in [6.07, 6.45) is 0.730. The van der Waals surface area contributed by atoms with Crippen LogP contribution < -0.4 is 16.2 Å². The molecular weight excluding hydrogens is 322 g/mol. The first-order valence-electron chi connectivity index (χ1n) is 9.03. The number of carbonyl (C=O) groups is 1. The Morgan fingerprint density at radius 3 is 2.62 bits per heavy atom. The molecule has 132 valence electrons. The first-order chi connectivity index (χ1) is 12.7. The summed E-state index contributed by atoms with van der Waals surface area (Å²) in [7, 11) is 0. The maximum Gasteiger partial charge on any atom is 0.238 e. The van der Waals surface area contributed by atoms with Crippen LogP contribution in [0.25, 0.3) is 10.8 Å². The molecule has 3 aromatic carbocycles. The Kier molecular flexibility index (Phi) is 4.69. The maximum absolute atomic E-state index is 12.5. The molecule has 4 nitrogen and oxygen atoms in total. The topological polar surface area (TPSA) is 53.2 Å². The van der Waals surface area contributed by atoms with Crippen molar-refractivity contribution in [3.8, 4) is 0 Å². The fourth-order valence-electron chi connectivity index (χ4n) is 3.50. The Morgan fingerprint density at radius 2 is 1.77 bits per heavy atom. The zero-order valence-electron chi connectivity index (χ0n) is 14.8. The Hall–Kier alpha value is -2.69. The van der Waals surface area contributed by atoms with E-state index in [-0.39, 0.29) is 18.0 Å². The second-order valence-electron chi connectivity index (χ2n) is 6.90. The summed E-state index contributed by atoms with van der Waals surface area (Å²) in [5, 5.41) is 5.48. The number of hydrazine groups is 1. The quantitative estimate of drug-likeness (QED) is 0.679. The molecule has 0 saturated carbocycles. The van der Waals surface area contributed by atoms with Gasteiger partial charge >= 0.3 is 0 Å². The van der Waals surface area contributed by atoms with E-state index in [0.717, 1.165) is 12.0 Å². The number of rotatable bonds is 4. The molecule has 2 unspecified atom stereocenters. The van der Waals surface area contributed by atoms with Gasteiger partial charge in [0.15, 0.2) is 0 Å². The Morgan fingerprint density at radius 1 is 1.00 bits per heavy atom. The molecule has 1 aliphatic rings. The predicted octanol–water partition coefficient (Wildman–Crippen LogP) is 3.37. The molecule has 1 aliphatic heterocycles. The lowest BCUT2D eigenvalue weighted by atomic mass is 9.96. The fourth-order valence-corrected chi connectivity index (χ4v) is 3.50. The lowest BCUT2D eigenvalue weighted by molar-refractivity contribution is -0.123. The van der Waals surface area contributed by atoms with Gasteiger partial charge in [0.1, 0.15) is 6.04 Å². The molecule has 3 aromatic rings. The zero-order chi connectivity index (χ0) is 17.9. The van der Waals surface area contributed by atoms with Crippen LogP contribution in [-0.4, -0.2) is 11.9 Å². The van der Waals surface area contributed by atoms with Crippen LogP contribution in [0.4, 0.5) is 0 Å². The third kappa shape index (κ3) is 3.47. The molecule has 0 radical (unpaired) electrons. The average molecular weight is 345 g/mol. The summed E-state index contributed by atoms with van der Waals surface area (Å²) in [5.41, 5.74) is 10.0. The second-order valence-corrected chi connectivity index (χ2v) is 6.90. The summed E-state index contributed by atoms with van der Waals surface area (Å²) in [6.45, 7) is 2.61. The SMILES string of the molecule is Cc1ccc(CNC(=O)C2CC(c3cccc4ccccc34)NN2)cc1. The Bertz CT molecular complexity index is 915. The Balaban J connectivity index is 1.41. The highest BCUT2D eigenvalue weighted by atomic mass is 16.2. The van der Waals surface area contributed by atoms with Gasteiger partial charge in [-0.1, -0.05) is 72.3 Å². The van der Waals surface area contributed by atoms with Crippen LogP contribution in [0.3, 0.4) is 0 Å². The number of fused-ring (bicyclic) bond motifs is 1. The van der Waals surface area contributed by atoms with Crippen LogP contribution in [0.1, 0.15) is 29.2 Å². The Labute approximate surface area is 153 Å². The van der Waals surface area contributed by atoms with E-state index >= 15 is 0 Å². The minimum absolute atomic E-state index is 0.0285. The molecule has 2 atom stereocenters. The fraction of sp³-hybridized carbons (Fsp3) is 0.227. The van der Waals surface area contributed by atoms with E-state index < -0.39 is 0 Å². The van der Waals surface area contributed by atoms with Crippen LogP contribution in [0.5, 0.6) is 0 Å². The van der Waals surface area contributed by atoms with E-state index in [4.69, 9.17) is 0 Å². The molecule has 1 amide bonds. The first-order valence-corrected chi connectivity index (χ1v) is 9.03. The van der Waals surface area contributed by atoms with Gasteiger partial charge in [0.05, 0.1) is 0 Å². The molecule has 0 spiro atoms. The highest BCUT2D eigenvalue weighted by molar-refractivity contribution is 5.86. The largest absolute Gasteiger partial charge is 0.351 e. The molecule has 1 fully saturated rings. The number of benzene rings is 3. The molecule has 3 N–H and O–H groups in total. The molecule has 26 heavy (non-hydrogen) atoms. The minimum atomic E-state index is -0.232. The second kappa shape index (κ2) is 7.28. The lowest BCUT2D eigenvalue weighted by Crippen LogP contribution is -2.42. The summed E-state index contributed by atoms with van der Waals surface area (Å²) < 4.78 is 0. The van der Waals surface area contributed by atoms with Crippen molar-refractivity contribution in [3.05, 3.63) is 83.4 Å². The van der Waals surface area contributed by atoms with Crippen molar-refractivity contribution in [1.82, 2.24) is 16.2 Å². The summed E-state index contributed by atoms with van der Waals surface area (Å²) in [5.74, 6) is 0.0285. The average Bonchev–Trinajstić information content (AvgIpc) is 3.17. The van der Waals surface area contributed by atoms with E-state index in [1.807, 2.05) is 6.07 Å². The molecule has 0 aliphatic carbocycles. The molecule has 0 bridgehead atoms. The molecule has 4 rings (SSSR count). The lowest BCUT2D eigenvalue weighted by Gasteiger charge is -2.13. The van der Waals surface area contributed by atoms with Crippen molar-refractivity contribution in [2.24, 2.45) is 0 Å². The standard InChI is InChI=1S/C22H23N3O/c1-15-9-11-16(12-10-15)14-23-22(26)21-13-20(24-25-21)19-8-4-6-17-5-2-3-7-18(17)19/h2-12,20-21,24-25H,13-14H2,1H3,(H,23,26). The van der Waals surface area contributed by atoms with Crippen LogP contribution in [-0.2, 0) is 11.3 Å². The van der Waals surface area contributed by atoms with E-state index in [9.17, 15) is 4.79 Å². The maximum atomic E-state index is 12.5. The van der Waals surface area contributed by atoms with E-state index in [1.54, 1.807) is 0 Å². The highest BCUT2D eigenvalue weighted by Crippen LogP contribution is 2.29. The highest BCUT2D eigenvalue weighted by Gasteiger charge is 2.30.